The maximum absolute atomic E-state index is 11.9. The number of hydrogen-bond acceptors (Lipinski definition) is 3. The molecule has 2 unspecified atom stereocenters. The van der Waals surface area contributed by atoms with Gasteiger partial charge >= 0.3 is 0 Å². The van der Waals surface area contributed by atoms with Crippen LogP contribution in [0.15, 0.2) is 0 Å². The Bertz CT molecular complexity index is 325. The van der Waals surface area contributed by atoms with E-state index in [0.717, 1.165) is 19.4 Å². The van der Waals surface area contributed by atoms with Gasteiger partial charge in [-0.15, -0.1) is 0 Å². The Labute approximate surface area is 113 Å². The summed E-state index contributed by atoms with van der Waals surface area (Å²) in [4.78, 5) is 0. The average Bonchev–Trinajstić information content (AvgIpc) is 2.69. The zero-order valence-electron chi connectivity index (χ0n) is 12.1. The molecule has 0 bridgehead atoms. The normalized spacial score (nSPS) is 24.9. The summed E-state index contributed by atoms with van der Waals surface area (Å²) in [5.41, 5.74) is 0. The zero-order valence-corrected chi connectivity index (χ0v) is 12.9. The van der Waals surface area contributed by atoms with Gasteiger partial charge in [0, 0.05) is 6.04 Å². The number of rotatable bonds is 8. The second-order valence-corrected chi connectivity index (χ2v) is 8.28. The molecule has 0 amide bonds. The Morgan fingerprint density at radius 1 is 1.28 bits per heavy atom. The molecule has 1 N–H and O–H groups in total. The van der Waals surface area contributed by atoms with Gasteiger partial charge in [-0.2, -0.15) is 0 Å². The van der Waals surface area contributed by atoms with E-state index in [4.69, 9.17) is 0 Å². The van der Waals surface area contributed by atoms with Crippen LogP contribution >= 0.6 is 0 Å². The molecule has 1 aliphatic rings. The standard InChI is InChI=1S/C14H29NO2S/c1-4-9-15-14-7-5-6-13(14)8-10-18(16,17)11-12(2)3/h12-15H,4-11H2,1-3H3. The van der Waals surface area contributed by atoms with E-state index in [2.05, 4.69) is 12.2 Å². The quantitative estimate of drug-likeness (QED) is 0.740. The van der Waals surface area contributed by atoms with Crippen molar-refractivity contribution in [2.45, 2.75) is 58.9 Å². The lowest BCUT2D eigenvalue weighted by molar-refractivity contribution is 0.391. The van der Waals surface area contributed by atoms with Crippen molar-refractivity contribution in [3.63, 3.8) is 0 Å². The van der Waals surface area contributed by atoms with Gasteiger partial charge in [0.15, 0.2) is 9.84 Å². The molecule has 0 aromatic rings. The van der Waals surface area contributed by atoms with Crippen LogP contribution in [-0.4, -0.2) is 32.5 Å². The largest absolute Gasteiger partial charge is 0.314 e. The van der Waals surface area contributed by atoms with Crippen molar-refractivity contribution in [2.24, 2.45) is 11.8 Å². The third kappa shape index (κ3) is 5.70. The van der Waals surface area contributed by atoms with E-state index in [-0.39, 0.29) is 5.92 Å². The molecule has 3 nitrogen and oxygen atoms in total. The molecule has 2 atom stereocenters. The second-order valence-electron chi connectivity index (χ2n) is 6.05. The summed E-state index contributed by atoms with van der Waals surface area (Å²) in [6.07, 6.45) is 5.65. The molecular weight excluding hydrogens is 246 g/mol. The minimum absolute atomic E-state index is 0.243. The summed E-state index contributed by atoms with van der Waals surface area (Å²) in [6, 6.07) is 0.555. The molecule has 18 heavy (non-hydrogen) atoms. The second kappa shape index (κ2) is 7.49. The number of sulfone groups is 1. The first-order valence-corrected chi connectivity index (χ1v) is 9.20. The van der Waals surface area contributed by atoms with E-state index in [1.165, 1.54) is 19.3 Å². The Hall–Kier alpha value is -0.0900. The molecule has 0 radical (unpaired) electrons. The summed E-state index contributed by atoms with van der Waals surface area (Å²) >= 11 is 0. The fourth-order valence-corrected chi connectivity index (χ4v) is 4.75. The summed E-state index contributed by atoms with van der Waals surface area (Å²) < 4.78 is 23.8. The highest BCUT2D eigenvalue weighted by Crippen LogP contribution is 2.29. The van der Waals surface area contributed by atoms with Gasteiger partial charge in [0.2, 0.25) is 0 Å². The number of nitrogens with one attached hydrogen (secondary N) is 1. The van der Waals surface area contributed by atoms with Crippen LogP contribution in [0.25, 0.3) is 0 Å². The van der Waals surface area contributed by atoms with Gasteiger partial charge < -0.3 is 5.32 Å². The number of hydrogen-bond donors (Lipinski definition) is 1. The highest BCUT2D eigenvalue weighted by molar-refractivity contribution is 7.91. The summed E-state index contributed by atoms with van der Waals surface area (Å²) in [6.45, 7) is 7.17. The molecular formula is C14H29NO2S. The van der Waals surface area contributed by atoms with E-state index in [1.807, 2.05) is 13.8 Å². The van der Waals surface area contributed by atoms with Crippen molar-refractivity contribution in [3.05, 3.63) is 0 Å². The van der Waals surface area contributed by atoms with Gasteiger partial charge in [0.1, 0.15) is 0 Å². The highest BCUT2D eigenvalue weighted by Gasteiger charge is 2.27. The van der Waals surface area contributed by atoms with Gasteiger partial charge in [0.05, 0.1) is 11.5 Å². The fraction of sp³-hybridized carbons (Fsp3) is 1.00. The van der Waals surface area contributed by atoms with Crippen LogP contribution in [-0.2, 0) is 9.84 Å². The summed E-state index contributed by atoms with van der Waals surface area (Å²) in [5.74, 6) is 1.53. The van der Waals surface area contributed by atoms with Crippen molar-refractivity contribution in [1.82, 2.24) is 5.32 Å². The van der Waals surface area contributed by atoms with Gasteiger partial charge in [-0.1, -0.05) is 27.2 Å². The Kier molecular flexibility index (Phi) is 6.64. The molecule has 0 aromatic heterocycles. The third-order valence-corrected chi connectivity index (χ3v) is 5.73. The fourth-order valence-electron chi connectivity index (χ4n) is 2.90. The first kappa shape index (κ1) is 16.0. The van der Waals surface area contributed by atoms with Crippen molar-refractivity contribution < 1.29 is 8.42 Å². The van der Waals surface area contributed by atoms with Crippen molar-refractivity contribution in [2.75, 3.05) is 18.1 Å². The summed E-state index contributed by atoms with van der Waals surface area (Å²) in [7, 11) is -2.84. The molecule has 1 aliphatic carbocycles. The lowest BCUT2D eigenvalue weighted by atomic mass is 10.0. The zero-order chi connectivity index (χ0) is 13.6. The van der Waals surface area contributed by atoms with E-state index in [1.54, 1.807) is 0 Å². The van der Waals surface area contributed by atoms with Gasteiger partial charge in [0.25, 0.3) is 0 Å². The van der Waals surface area contributed by atoms with Crippen LogP contribution < -0.4 is 5.32 Å². The van der Waals surface area contributed by atoms with Crippen molar-refractivity contribution in [1.29, 1.82) is 0 Å². The van der Waals surface area contributed by atoms with Gasteiger partial charge in [-0.3, -0.25) is 0 Å². The highest BCUT2D eigenvalue weighted by atomic mass is 32.2. The maximum Gasteiger partial charge on any atom is 0.150 e. The minimum Gasteiger partial charge on any atom is -0.314 e. The molecule has 0 aromatic carbocycles. The van der Waals surface area contributed by atoms with Crippen LogP contribution in [0.5, 0.6) is 0 Å². The van der Waals surface area contributed by atoms with E-state index in [9.17, 15) is 8.42 Å². The smallest absolute Gasteiger partial charge is 0.150 e. The molecule has 1 fully saturated rings. The van der Waals surface area contributed by atoms with Crippen LogP contribution in [0.3, 0.4) is 0 Å². The lowest BCUT2D eigenvalue weighted by Crippen LogP contribution is -2.34. The molecule has 108 valence electrons. The van der Waals surface area contributed by atoms with Crippen LogP contribution in [0.4, 0.5) is 0 Å². The van der Waals surface area contributed by atoms with Crippen molar-refractivity contribution in [3.8, 4) is 0 Å². The van der Waals surface area contributed by atoms with Crippen LogP contribution in [0.2, 0.25) is 0 Å². The molecule has 0 heterocycles. The van der Waals surface area contributed by atoms with Gasteiger partial charge in [-0.25, -0.2) is 8.42 Å². The molecule has 0 saturated heterocycles. The van der Waals surface area contributed by atoms with E-state index < -0.39 is 9.84 Å². The van der Waals surface area contributed by atoms with E-state index >= 15 is 0 Å². The average molecular weight is 275 g/mol. The van der Waals surface area contributed by atoms with Crippen LogP contribution in [0.1, 0.15) is 52.9 Å². The third-order valence-electron chi connectivity index (χ3n) is 3.70. The van der Waals surface area contributed by atoms with Crippen LogP contribution in [0, 0.1) is 11.8 Å². The monoisotopic (exact) mass is 275 g/mol. The Balaban J connectivity index is 2.37. The molecule has 0 spiro atoms. The molecule has 1 saturated carbocycles. The maximum atomic E-state index is 11.9. The Morgan fingerprint density at radius 3 is 2.61 bits per heavy atom. The molecule has 1 rings (SSSR count). The first-order valence-electron chi connectivity index (χ1n) is 7.38. The first-order chi connectivity index (χ1) is 8.44. The minimum atomic E-state index is -2.84. The van der Waals surface area contributed by atoms with Gasteiger partial charge in [-0.05, 0) is 44.1 Å². The molecule has 4 heteroatoms. The van der Waals surface area contributed by atoms with Crippen molar-refractivity contribution >= 4 is 9.84 Å². The molecule has 0 aliphatic heterocycles. The lowest BCUT2D eigenvalue weighted by Gasteiger charge is -2.21. The topological polar surface area (TPSA) is 46.2 Å². The summed E-state index contributed by atoms with van der Waals surface area (Å²) in [5, 5.41) is 3.56. The Morgan fingerprint density at radius 2 is 2.00 bits per heavy atom. The predicted octanol–water partition coefficient (Wildman–Crippen LogP) is 2.62. The SMILES string of the molecule is CCCNC1CCCC1CCS(=O)(=O)CC(C)C. The predicted molar refractivity (Wildman–Crippen MR) is 77.5 cm³/mol. The van der Waals surface area contributed by atoms with E-state index in [0.29, 0.717) is 23.5 Å².